The van der Waals surface area contributed by atoms with Crippen molar-refractivity contribution >= 4 is 34.0 Å². The number of non-ortho nitro benzene ring substituents is 1. The summed E-state index contributed by atoms with van der Waals surface area (Å²) in [7, 11) is -3.85. The molecule has 1 fully saturated rings. The molecule has 0 spiro atoms. The van der Waals surface area contributed by atoms with Gasteiger partial charge in [0.1, 0.15) is 0 Å². The summed E-state index contributed by atoms with van der Waals surface area (Å²) in [6.07, 6.45) is 0.574. The smallest absolute Gasteiger partial charge is 0.270 e. The molecule has 0 aromatic heterocycles. The average molecular weight is 421 g/mol. The van der Waals surface area contributed by atoms with Gasteiger partial charge in [0.25, 0.3) is 5.69 Å². The van der Waals surface area contributed by atoms with Crippen LogP contribution < -0.4 is 5.73 Å². The van der Waals surface area contributed by atoms with Gasteiger partial charge in [-0.15, -0.1) is 12.4 Å². The third kappa shape index (κ3) is 5.61. The zero-order valence-electron chi connectivity index (χ0n) is 15.3. The van der Waals surface area contributed by atoms with Crippen LogP contribution in [0.25, 0.3) is 0 Å². The van der Waals surface area contributed by atoms with Gasteiger partial charge in [0.2, 0.25) is 15.9 Å². The number of nitrogens with zero attached hydrogens (tertiary/aromatic N) is 3. The number of benzene rings is 1. The number of halogens is 1. The van der Waals surface area contributed by atoms with Crippen molar-refractivity contribution in [2.75, 3.05) is 26.2 Å². The first-order chi connectivity index (χ1) is 12.1. The number of nitro benzene ring substituents is 1. The molecule has 1 atom stereocenters. The lowest BCUT2D eigenvalue weighted by molar-refractivity contribution is -0.385. The molecule has 152 valence electrons. The number of hydrogen-bond donors (Lipinski definition) is 1. The van der Waals surface area contributed by atoms with Crippen molar-refractivity contribution in [1.82, 2.24) is 9.21 Å². The summed E-state index contributed by atoms with van der Waals surface area (Å²) in [5, 5.41) is 10.9. The van der Waals surface area contributed by atoms with Crippen LogP contribution in [0.1, 0.15) is 20.3 Å². The fraction of sp³-hybridized carbons (Fsp3) is 0.562. The van der Waals surface area contributed by atoms with Crippen LogP contribution in [0.3, 0.4) is 0 Å². The van der Waals surface area contributed by atoms with Crippen LogP contribution in [-0.2, 0) is 14.8 Å². The summed E-state index contributed by atoms with van der Waals surface area (Å²) in [6, 6.07) is 4.38. The van der Waals surface area contributed by atoms with E-state index in [1.807, 2.05) is 13.8 Å². The molecule has 0 unspecified atom stereocenters. The maximum atomic E-state index is 12.7. The minimum atomic E-state index is -3.85. The van der Waals surface area contributed by atoms with E-state index in [0.717, 1.165) is 6.07 Å². The van der Waals surface area contributed by atoms with Gasteiger partial charge in [0.05, 0.1) is 15.9 Å². The fourth-order valence-electron chi connectivity index (χ4n) is 2.90. The lowest BCUT2D eigenvalue weighted by Crippen LogP contribution is -2.54. The van der Waals surface area contributed by atoms with Gasteiger partial charge in [0, 0.05) is 38.3 Å². The molecule has 1 amide bonds. The Morgan fingerprint density at radius 2 is 1.85 bits per heavy atom. The Balaban J connectivity index is 0.00000364. The van der Waals surface area contributed by atoms with E-state index < -0.39 is 21.0 Å². The molecule has 0 bridgehead atoms. The van der Waals surface area contributed by atoms with Crippen LogP contribution in [0.4, 0.5) is 5.69 Å². The molecule has 1 saturated heterocycles. The molecule has 1 aromatic carbocycles. The predicted octanol–water partition coefficient (Wildman–Crippen LogP) is 1.22. The van der Waals surface area contributed by atoms with Crippen LogP contribution in [0.15, 0.2) is 29.2 Å². The lowest BCUT2D eigenvalue weighted by atomic mass is 10.0. The highest BCUT2D eigenvalue weighted by Gasteiger charge is 2.32. The summed E-state index contributed by atoms with van der Waals surface area (Å²) < 4.78 is 26.6. The predicted molar refractivity (Wildman–Crippen MR) is 103 cm³/mol. The summed E-state index contributed by atoms with van der Waals surface area (Å²) in [6.45, 7) is 4.72. The maximum Gasteiger partial charge on any atom is 0.270 e. The largest absolute Gasteiger partial charge is 0.339 e. The highest BCUT2D eigenvalue weighted by atomic mass is 35.5. The molecule has 1 aliphatic heterocycles. The van der Waals surface area contributed by atoms with Gasteiger partial charge in [-0.2, -0.15) is 4.31 Å². The minimum Gasteiger partial charge on any atom is -0.339 e. The van der Waals surface area contributed by atoms with E-state index in [9.17, 15) is 23.3 Å². The number of carbonyl (C=O) groups excluding carboxylic acids is 1. The first kappa shape index (κ1) is 23.3. The fourth-order valence-corrected chi connectivity index (χ4v) is 4.36. The molecule has 0 aliphatic carbocycles. The van der Waals surface area contributed by atoms with E-state index in [-0.39, 0.29) is 55.1 Å². The van der Waals surface area contributed by atoms with Gasteiger partial charge in [-0.1, -0.05) is 19.9 Å². The second-order valence-electron chi connectivity index (χ2n) is 6.72. The van der Waals surface area contributed by atoms with Crippen molar-refractivity contribution in [3.05, 3.63) is 34.4 Å². The molecule has 2 rings (SSSR count). The van der Waals surface area contributed by atoms with Crippen molar-refractivity contribution in [3.8, 4) is 0 Å². The topological polar surface area (TPSA) is 127 Å². The van der Waals surface area contributed by atoms with E-state index >= 15 is 0 Å². The quantitative estimate of drug-likeness (QED) is 0.544. The van der Waals surface area contributed by atoms with E-state index in [4.69, 9.17) is 5.73 Å². The van der Waals surface area contributed by atoms with Gasteiger partial charge in [-0.25, -0.2) is 8.42 Å². The number of hydrogen-bond acceptors (Lipinski definition) is 6. The SMILES string of the molecule is CC(C)C[C@H](N)C(=O)N1CCN(S(=O)(=O)c2cccc([N+](=O)[O-])c2)CC1.Cl. The van der Waals surface area contributed by atoms with Crippen molar-refractivity contribution in [2.24, 2.45) is 11.7 Å². The number of sulfonamides is 1. The Morgan fingerprint density at radius 1 is 1.26 bits per heavy atom. The lowest BCUT2D eigenvalue weighted by Gasteiger charge is -2.35. The van der Waals surface area contributed by atoms with Crippen LogP contribution in [0.2, 0.25) is 0 Å². The maximum absolute atomic E-state index is 12.7. The summed E-state index contributed by atoms with van der Waals surface area (Å²) in [5.74, 6) is 0.121. The zero-order chi connectivity index (χ0) is 19.5. The number of nitrogens with two attached hydrogens (primary N) is 1. The highest BCUT2D eigenvalue weighted by Crippen LogP contribution is 2.22. The van der Waals surface area contributed by atoms with Crippen LogP contribution in [-0.4, -0.2) is 60.7 Å². The second kappa shape index (κ2) is 9.45. The Bertz CT molecular complexity index is 779. The first-order valence-electron chi connectivity index (χ1n) is 8.42. The number of amides is 1. The molecule has 0 radical (unpaired) electrons. The van der Waals surface area contributed by atoms with E-state index in [1.54, 1.807) is 4.90 Å². The first-order valence-corrected chi connectivity index (χ1v) is 9.86. The van der Waals surface area contributed by atoms with Crippen LogP contribution in [0.5, 0.6) is 0 Å². The van der Waals surface area contributed by atoms with Crippen LogP contribution in [0, 0.1) is 16.0 Å². The molecule has 11 heteroatoms. The Morgan fingerprint density at radius 3 is 2.37 bits per heavy atom. The molecule has 0 saturated carbocycles. The summed E-state index contributed by atoms with van der Waals surface area (Å²) >= 11 is 0. The molecule has 1 aliphatic rings. The van der Waals surface area contributed by atoms with Gasteiger partial charge in [-0.05, 0) is 18.4 Å². The molecule has 1 aromatic rings. The van der Waals surface area contributed by atoms with Crippen molar-refractivity contribution in [1.29, 1.82) is 0 Å². The van der Waals surface area contributed by atoms with Crippen molar-refractivity contribution in [3.63, 3.8) is 0 Å². The van der Waals surface area contributed by atoms with E-state index in [0.29, 0.717) is 12.3 Å². The monoisotopic (exact) mass is 420 g/mol. The minimum absolute atomic E-state index is 0. The highest BCUT2D eigenvalue weighted by molar-refractivity contribution is 7.89. The third-order valence-corrected chi connectivity index (χ3v) is 6.15. The van der Waals surface area contributed by atoms with Crippen molar-refractivity contribution in [2.45, 2.75) is 31.2 Å². The zero-order valence-corrected chi connectivity index (χ0v) is 16.9. The number of rotatable bonds is 6. The van der Waals surface area contributed by atoms with E-state index in [2.05, 4.69) is 0 Å². The van der Waals surface area contributed by atoms with E-state index in [1.165, 1.54) is 22.5 Å². The normalized spacial score (nSPS) is 16.7. The van der Waals surface area contributed by atoms with Gasteiger partial charge < -0.3 is 10.6 Å². The Hall–Kier alpha value is -1.75. The average Bonchev–Trinajstić information content (AvgIpc) is 2.60. The Kier molecular flexibility index (Phi) is 8.15. The van der Waals surface area contributed by atoms with Crippen molar-refractivity contribution < 1.29 is 18.1 Å². The number of carbonyl (C=O) groups is 1. The second-order valence-corrected chi connectivity index (χ2v) is 8.66. The molecular formula is C16H25ClN4O5S. The summed E-state index contributed by atoms with van der Waals surface area (Å²) in [5.41, 5.74) is 5.64. The van der Waals surface area contributed by atoms with Crippen LogP contribution >= 0.6 is 12.4 Å². The standard InChI is InChI=1S/C16H24N4O5S.ClH/c1-12(2)10-15(17)16(21)18-6-8-19(9-7-18)26(24,25)14-5-3-4-13(11-14)20(22)23;/h3-5,11-12,15H,6-10,17H2,1-2H3;1H/t15-;/m0./s1. The van der Waals surface area contributed by atoms with Gasteiger partial charge in [-0.3, -0.25) is 14.9 Å². The third-order valence-electron chi connectivity index (χ3n) is 4.26. The molecule has 9 nitrogen and oxygen atoms in total. The van der Waals surface area contributed by atoms with Gasteiger partial charge in [0.15, 0.2) is 0 Å². The summed E-state index contributed by atoms with van der Waals surface area (Å²) in [4.78, 5) is 24.0. The molecular weight excluding hydrogens is 396 g/mol. The van der Waals surface area contributed by atoms with Gasteiger partial charge >= 0.3 is 0 Å². The Labute approximate surface area is 165 Å². The molecule has 2 N–H and O–H groups in total. The molecule has 27 heavy (non-hydrogen) atoms. The molecule has 1 heterocycles. The number of piperazine rings is 1. The number of nitro groups is 1.